The van der Waals surface area contributed by atoms with Crippen molar-refractivity contribution in [1.82, 2.24) is 15.2 Å². The number of benzene rings is 1. The van der Waals surface area contributed by atoms with Crippen LogP contribution in [0.2, 0.25) is 0 Å². The number of amides is 2. The Morgan fingerprint density at radius 1 is 1.23 bits per heavy atom. The summed E-state index contributed by atoms with van der Waals surface area (Å²) in [6.07, 6.45) is 4.05. The maximum absolute atomic E-state index is 12.5. The van der Waals surface area contributed by atoms with Gasteiger partial charge < -0.3 is 15.0 Å². The van der Waals surface area contributed by atoms with Gasteiger partial charge in [-0.15, -0.1) is 11.3 Å². The number of carbonyl (C=O) groups excluding carboxylic acids is 2. The third kappa shape index (κ3) is 3.88. The number of likely N-dealkylation sites (tertiary alicyclic amines) is 1. The second kappa shape index (κ2) is 7.45. The van der Waals surface area contributed by atoms with Crippen molar-refractivity contribution >= 4 is 23.2 Å². The van der Waals surface area contributed by atoms with E-state index in [9.17, 15) is 9.59 Å². The van der Waals surface area contributed by atoms with Gasteiger partial charge in [0.2, 0.25) is 0 Å². The summed E-state index contributed by atoms with van der Waals surface area (Å²) in [5.74, 6) is 0.653. The lowest BCUT2D eigenvalue weighted by Crippen LogP contribution is -2.39. The molecule has 0 radical (unpaired) electrons. The van der Waals surface area contributed by atoms with Crippen LogP contribution in [-0.4, -0.2) is 46.9 Å². The first kappa shape index (κ1) is 17.0. The molecule has 2 fully saturated rings. The van der Waals surface area contributed by atoms with Crippen molar-refractivity contribution in [2.75, 3.05) is 13.2 Å². The van der Waals surface area contributed by atoms with Crippen molar-refractivity contribution in [3.05, 3.63) is 46.4 Å². The quantitative estimate of drug-likeness (QED) is 0.847. The first-order chi connectivity index (χ1) is 12.7. The van der Waals surface area contributed by atoms with Crippen LogP contribution >= 0.6 is 11.3 Å². The molecule has 2 aliphatic rings. The number of nitrogens with one attached hydrogen (secondary N) is 1. The minimum atomic E-state index is -0.0325. The first-order valence-corrected chi connectivity index (χ1v) is 9.88. The molecule has 1 N–H and O–H groups in total. The molecule has 1 saturated carbocycles. The molecule has 2 aromatic rings. The van der Waals surface area contributed by atoms with Crippen LogP contribution in [0.5, 0.6) is 5.75 Å². The fraction of sp³-hybridized carbons (Fsp3) is 0.421. The molecule has 2 amide bonds. The van der Waals surface area contributed by atoms with Gasteiger partial charge >= 0.3 is 0 Å². The second-order valence-corrected chi connectivity index (χ2v) is 7.47. The van der Waals surface area contributed by atoms with Crippen molar-refractivity contribution < 1.29 is 14.3 Å². The zero-order valence-corrected chi connectivity index (χ0v) is 15.2. The van der Waals surface area contributed by atoms with E-state index in [4.69, 9.17) is 4.74 Å². The Balaban J connectivity index is 1.32. The lowest BCUT2D eigenvalue weighted by atomic mass is 10.2. The van der Waals surface area contributed by atoms with Crippen molar-refractivity contribution in [3.8, 4) is 5.75 Å². The number of ether oxygens (including phenoxy) is 1. The largest absolute Gasteiger partial charge is 0.491 e. The maximum Gasteiger partial charge on any atom is 0.273 e. The van der Waals surface area contributed by atoms with Crippen LogP contribution in [0.1, 0.15) is 46.5 Å². The van der Waals surface area contributed by atoms with Gasteiger partial charge in [0.05, 0.1) is 11.6 Å². The second-order valence-electron chi connectivity index (χ2n) is 6.75. The summed E-state index contributed by atoms with van der Waals surface area (Å²) in [5.41, 5.74) is 2.83. The molecule has 136 valence electrons. The predicted octanol–water partition coefficient (Wildman–Crippen LogP) is 2.72. The number of nitrogens with zero attached hydrogens (tertiary/aromatic N) is 2. The molecule has 4 rings (SSSR count). The summed E-state index contributed by atoms with van der Waals surface area (Å²) in [6.45, 7) is 1.19. The molecule has 7 heteroatoms. The molecule has 1 unspecified atom stereocenters. The smallest absolute Gasteiger partial charge is 0.273 e. The number of hydrogen-bond donors (Lipinski definition) is 1. The number of aromatic nitrogens is 1. The molecular formula is C19H21N3O3S. The van der Waals surface area contributed by atoms with Gasteiger partial charge in [0.25, 0.3) is 11.8 Å². The van der Waals surface area contributed by atoms with Gasteiger partial charge in [-0.1, -0.05) is 0 Å². The van der Waals surface area contributed by atoms with Crippen LogP contribution in [-0.2, 0) is 0 Å². The molecule has 2 heterocycles. The van der Waals surface area contributed by atoms with Gasteiger partial charge in [-0.2, -0.15) is 0 Å². The normalized spacial score (nSPS) is 19.4. The molecule has 1 atom stereocenters. The summed E-state index contributed by atoms with van der Waals surface area (Å²) in [7, 11) is 0. The standard InChI is InChI=1S/C19H21N3O3S/c23-18(21-14-5-6-14)13-3-7-16(8-4-13)25-10-15-2-1-9-22(15)19(24)17-11-26-12-20-17/h3-4,7-8,11-12,14-15H,1-2,5-6,9-10H2,(H,21,23). The van der Waals surface area contributed by atoms with E-state index in [1.54, 1.807) is 23.0 Å². The Bertz CT molecular complexity index is 772. The fourth-order valence-corrected chi connectivity index (χ4v) is 3.66. The maximum atomic E-state index is 12.5. The highest BCUT2D eigenvalue weighted by Crippen LogP contribution is 2.23. The monoisotopic (exact) mass is 371 g/mol. The Kier molecular flexibility index (Phi) is 4.88. The molecule has 6 nitrogen and oxygen atoms in total. The summed E-state index contributed by atoms with van der Waals surface area (Å²) in [6, 6.07) is 7.58. The molecule has 1 saturated heterocycles. The van der Waals surface area contributed by atoms with Crippen LogP contribution in [0.25, 0.3) is 0 Å². The molecule has 1 aromatic carbocycles. The van der Waals surface area contributed by atoms with Crippen molar-refractivity contribution in [1.29, 1.82) is 0 Å². The van der Waals surface area contributed by atoms with E-state index in [-0.39, 0.29) is 17.9 Å². The van der Waals surface area contributed by atoms with E-state index < -0.39 is 0 Å². The third-order valence-electron chi connectivity index (χ3n) is 4.76. The van der Waals surface area contributed by atoms with Gasteiger partial charge in [0, 0.05) is 23.5 Å². The molecule has 0 bridgehead atoms. The van der Waals surface area contributed by atoms with E-state index >= 15 is 0 Å². The molecule has 1 aromatic heterocycles. The van der Waals surface area contributed by atoms with E-state index in [1.807, 2.05) is 17.0 Å². The average molecular weight is 371 g/mol. The summed E-state index contributed by atoms with van der Waals surface area (Å²) in [4.78, 5) is 30.5. The molecular weight excluding hydrogens is 350 g/mol. The van der Waals surface area contributed by atoms with Crippen LogP contribution in [0.3, 0.4) is 0 Å². The number of carbonyl (C=O) groups is 2. The lowest BCUT2D eigenvalue weighted by molar-refractivity contribution is 0.0686. The highest BCUT2D eigenvalue weighted by Gasteiger charge is 2.30. The van der Waals surface area contributed by atoms with Crippen molar-refractivity contribution in [2.24, 2.45) is 0 Å². The minimum absolute atomic E-state index is 0.0237. The Hall–Kier alpha value is -2.41. The molecule has 0 spiro atoms. The van der Waals surface area contributed by atoms with E-state index in [0.717, 1.165) is 32.2 Å². The van der Waals surface area contributed by atoms with Crippen LogP contribution in [0.15, 0.2) is 35.2 Å². The lowest BCUT2D eigenvalue weighted by Gasteiger charge is -2.24. The number of rotatable bonds is 6. The van der Waals surface area contributed by atoms with Gasteiger partial charge in [-0.25, -0.2) is 4.98 Å². The highest BCUT2D eigenvalue weighted by molar-refractivity contribution is 7.07. The Labute approximate surface area is 156 Å². The summed E-state index contributed by atoms with van der Waals surface area (Å²) >= 11 is 1.43. The molecule has 1 aliphatic heterocycles. The first-order valence-electron chi connectivity index (χ1n) is 8.93. The van der Waals surface area contributed by atoms with E-state index in [1.165, 1.54) is 11.3 Å². The third-order valence-corrected chi connectivity index (χ3v) is 5.35. The average Bonchev–Trinajstić information content (AvgIpc) is 3.15. The van der Waals surface area contributed by atoms with Crippen molar-refractivity contribution in [3.63, 3.8) is 0 Å². The van der Waals surface area contributed by atoms with Crippen molar-refractivity contribution in [2.45, 2.75) is 37.8 Å². The Morgan fingerprint density at radius 2 is 2.04 bits per heavy atom. The van der Waals surface area contributed by atoms with Gasteiger partial charge in [0.1, 0.15) is 18.1 Å². The van der Waals surface area contributed by atoms with Gasteiger partial charge in [0.15, 0.2) is 0 Å². The zero-order valence-electron chi connectivity index (χ0n) is 14.4. The number of thiazole rings is 1. The van der Waals surface area contributed by atoms with Gasteiger partial charge in [-0.3, -0.25) is 9.59 Å². The van der Waals surface area contributed by atoms with Gasteiger partial charge in [-0.05, 0) is 49.9 Å². The summed E-state index contributed by atoms with van der Waals surface area (Å²) < 4.78 is 5.87. The molecule has 1 aliphatic carbocycles. The Morgan fingerprint density at radius 3 is 2.73 bits per heavy atom. The summed E-state index contributed by atoms with van der Waals surface area (Å²) in [5, 5.41) is 4.75. The SMILES string of the molecule is O=C(NC1CC1)c1ccc(OCC2CCCN2C(=O)c2cscn2)cc1. The van der Waals surface area contributed by atoms with E-state index in [2.05, 4.69) is 10.3 Å². The fourth-order valence-electron chi connectivity index (χ4n) is 3.13. The number of hydrogen-bond acceptors (Lipinski definition) is 5. The van der Waals surface area contributed by atoms with E-state index in [0.29, 0.717) is 29.7 Å². The van der Waals surface area contributed by atoms with Crippen LogP contribution < -0.4 is 10.1 Å². The van der Waals surface area contributed by atoms with Crippen LogP contribution in [0, 0.1) is 0 Å². The predicted molar refractivity (Wildman–Crippen MR) is 98.6 cm³/mol. The minimum Gasteiger partial charge on any atom is -0.491 e. The molecule has 26 heavy (non-hydrogen) atoms. The van der Waals surface area contributed by atoms with Crippen LogP contribution in [0.4, 0.5) is 0 Å². The zero-order chi connectivity index (χ0) is 17.9. The highest BCUT2D eigenvalue weighted by atomic mass is 32.1. The topological polar surface area (TPSA) is 71.5 Å².